The number of rotatable bonds is 1. The molecule has 4 heteroatoms. The Labute approximate surface area is 74.0 Å². The van der Waals surface area contributed by atoms with Crippen LogP contribution in [0.15, 0.2) is 18.3 Å². The largest absolute Gasteiger partial charge is 0.390 e. The zero-order valence-corrected chi connectivity index (χ0v) is 6.97. The first kappa shape index (κ1) is 7.58. The van der Waals surface area contributed by atoms with Crippen LogP contribution in [-0.2, 0) is 6.61 Å². The summed E-state index contributed by atoms with van der Waals surface area (Å²) in [5.41, 5.74) is 1.53. The van der Waals surface area contributed by atoms with Gasteiger partial charge in [-0.1, -0.05) is 11.6 Å². The molecule has 2 aromatic rings. The lowest BCUT2D eigenvalue weighted by Gasteiger charge is -1.90. The Kier molecular flexibility index (Phi) is 1.75. The molecule has 0 aromatic carbocycles. The third-order valence-electron chi connectivity index (χ3n) is 1.72. The minimum Gasteiger partial charge on any atom is -0.390 e. The number of H-pyrrole nitrogens is 1. The monoisotopic (exact) mass is 182 g/mol. The van der Waals surface area contributed by atoms with Crippen molar-refractivity contribution >= 4 is 22.5 Å². The molecule has 0 saturated carbocycles. The Morgan fingerprint density at radius 3 is 3.08 bits per heavy atom. The second-order valence-corrected chi connectivity index (χ2v) is 2.88. The van der Waals surface area contributed by atoms with Crippen LogP contribution < -0.4 is 0 Å². The average Bonchev–Trinajstić information content (AvgIpc) is 2.49. The molecule has 0 radical (unpaired) electrons. The van der Waals surface area contributed by atoms with E-state index in [0.29, 0.717) is 5.15 Å². The maximum Gasteiger partial charge on any atom is 0.153 e. The number of aliphatic hydroxyl groups is 1. The topological polar surface area (TPSA) is 48.9 Å². The summed E-state index contributed by atoms with van der Waals surface area (Å²) in [5, 5.41) is 10.2. The molecule has 0 aliphatic heterocycles. The van der Waals surface area contributed by atoms with Gasteiger partial charge in [0.05, 0.1) is 12.1 Å². The number of hydrogen-bond donors (Lipinski definition) is 2. The van der Waals surface area contributed by atoms with Gasteiger partial charge in [-0.15, -0.1) is 0 Å². The lowest BCUT2D eigenvalue weighted by Crippen LogP contribution is -1.80. The van der Waals surface area contributed by atoms with Crippen molar-refractivity contribution in [1.82, 2.24) is 9.97 Å². The summed E-state index contributed by atoms with van der Waals surface area (Å²) in [6.45, 7) is -0.00892. The molecule has 0 aliphatic carbocycles. The zero-order chi connectivity index (χ0) is 8.55. The fourth-order valence-electron chi connectivity index (χ4n) is 1.16. The number of hydrogen-bond acceptors (Lipinski definition) is 2. The van der Waals surface area contributed by atoms with Crippen LogP contribution in [0.3, 0.4) is 0 Å². The second kappa shape index (κ2) is 2.77. The molecule has 0 unspecified atom stereocenters. The van der Waals surface area contributed by atoms with Crippen LogP contribution in [0.4, 0.5) is 0 Å². The summed E-state index contributed by atoms with van der Waals surface area (Å²) in [7, 11) is 0. The lowest BCUT2D eigenvalue weighted by molar-refractivity contribution is 0.278. The molecule has 62 valence electrons. The number of aromatic amines is 1. The van der Waals surface area contributed by atoms with Gasteiger partial charge in [0.15, 0.2) is 5.15 Å². The van der Waals surface area contributed by atoms with E-state index in [4.69, 9.17) is 16.7 Å². The van der Waals surface area contributed by atoms with Crippen molar-refractivity contribution in [3.63, 3.8) is 0 Å². The lowest BCUT2D eigenvalue weighted by atomic mass is 10.3. The number of fused-ring (bicyclic) bond motifs is 1. The molecule has 0 aliphatic rings. The fraction of sp³-hybridized carbons (Fsp3) is 0.125. The number of nitrogens with one attached hydrogen (secondary N) is 1. The summed E-state index contributed by atoms with van der Waals surface area (Å²) in [6.07, 6.45) is 1.64. The molecular formula is C8H7ClN2O. The molecule has 12 heavy (non-hydrogen) atoms. The molecule has 0 bridgehead atoms. The summed E-state index contributed by atoms with van der Waals surface area (Å²) in [6, 6.07) is 3.69. The van der Waals surface area contributed by atoms with E-state index in [2.05, 4.69) is 9.97 Å². The number of aromatic nitrogens is 2. The van der Waals surface area contributed by atoms with E-state index >= 15 is 0 Å². The van der Waals surface area contributed by atoms with Crippen molar-refractivity contribution in [3.8, 4) is 0 Å². The van der Waals surface area contributed by atoms with Crippen molar-refractivity contribution in [2.24, 2.45) is 0 Å². The molecular weight excluding hydrogens is 176 g/mol. The van der Waals surface area contributed by atoms with Gasteiger partial charge in [-0.2, -0.15) is 0 Å². The third kappa shape index (κ3) is 1.07. The molecule has 0 amide bonds. The number of nitrogens with zero attached hydrogens (tertiary/aromatic N) is 1. The standard InChI is InChI=1S/C8H7ClN2O/c9-8-7-5(1-2-10-8)3-6(4-12)11-7/h1-3,11-12H,4H2. The van der Waals surface area contributed by atoms with E-state index in [1.807, 2.05) is 12.1 Å². The molecule has 2 heterocycles. The van der Waals surface area contributed by atoms with Gasteiger partial charge < -0.3 is 10.1 Å². The zero-order valence-electron chi connectivity index (χ0n) is 6.21. The molecule has 0 fully saturated rings. The Hall–Kier alpha value is -1.06. The Morgan fingerprint density at radius 1 is 1.58 bits per heavy atom. The molecule has 0 saturated heterocycles. The number of aliphatic hydroxyl groups excluding tert-OH is 1. The van der Waals surface area contributed by atoms with Crippen molar-refractivity contribution < 1.29 is 5.11 Å². The van der Waals surface area contributed by atoms with Gasteiger partial charge in [0.25, 0.3) is 0 Å². The molecule has 0 spiro atoms. The van der Waals surface area contributed by atoms with Gasteiger partial charge in [0.2, 0.25) is 0 Å². The Morgan fingerprint density at radius 2 is 2.42 bits per heavy atom. The highest BCUT2D eigenvalue weighted by Crippen LogP contribution is 2.20. The predicted molar refractivity (Wildman–Crippen MR) is 47.0 cm³/mol. The molecule has 2 rings (SSSR count). The highest BCUT2D eigenvalue weighted by molar-refractivity contribution is 6.33. The van der Waals surface area contributed by atoms with E-state index in [-0.39, 0.29) is 6.61 Å². The minimum absolute atomic E-state index is 0.00892. The summed E-state index contributed by atoms with van der Waals surface area (Å²) < 4.78 is 0. The van der Waals surface area contributed by atoms with Gasteiger partial charge in [-0.05, 0) is 12.1 Å². The van der Waals surface area contributed by atoms with Gasteiger partial charge in [-0.25, -0.2) is 4.98 Å². The first-order valence-electron chi connectivity index (χ1n) is 3.54. The summed E-state index contributed by atoms with van der Waals surface area (Å²) >= 11 is 5.80. The molecule has 2 N–H and O–H groups in total. The van der Waals surface area contributed by atoms with E-state index in [1.54, 1.807) is 6.20 Å². The first-order valence-corrected chi connectivity index (χ1v) is 3.92. The predicted octanol–water partition coefficient (Wildman–Crippen LogP) is 1.71. The molecule has 2 aromatic heterocycles. The van der Waals surface area contributed by atoms with E-state index in [1.165, 1.54) is 0 Å². The number of halogens is 1. The molecule has 0 atom stereocenters. The van der Waals surface area contributed by atoms with Crippen LogP contribution >= 0.6 is 11.6 Å². The fourth-order valence-corrected chi connectivity index (χ4v) is 1.38. The Bertz CT molecular complexity index is 410. The SMILES string of the molecule is OCc1cc2ccnc(Cl)c2[nH]1. The van der Waals surface area contributed by atoms with Crippen molar-refractivity contribution in [2.45, 2.75) is 6.61 Å². The van der Waals surface area contributed by atoms with Gasteiger partial charge >= 0.3 is 0 Å². The average molecular weight is 183 g/mol. The highest BCUT2D eigenvalue weighted by Gasteiger charge is 2.02. The first-order chi connectivity index (χ1) is 5.81. The van der Waals surface area contributed by atoms with Crippen LogP contribution in [0.1, 0.15) is 5.69 Å². The Balaban J connectivity index is 2.74. The van der Waals surface area contributed by atoms with Gasteiger partial charge in [0.1, 0.15) is 0 Å². The highest BCUT2D eigenvalue weighted by atomic mass is 35.5. The van der Waals surface area contributed by atoms with Gasteiger partial charge in [0, 0.05) is 17.3 Å². The van der Waals surface area contributed by atoms with E-state index in [9.17, 15) is 0 Å². The third-order valence-corrected chi connectivity index (χ3v) is 2.01. The van der Waals surface area contributed by atoms with E-state index < -0.39 is 0 Å². The minimum atomic E-state index is -0.00892. The second-order valence-electron chi connectivity index (χ2n) is 2.52. The van der Waals surface area contributed by atoms with Crippen molar-refractivity contribution in [3.05, 3.63) is 29.2 Å². The van der Waals surface area contributed by atoms with E-state index in [0.717, 1.165) is 16.6 Å². The van der Waals surface area contributed by atoms with Crippen LogP contribution in [0, 0.1) is 0 Å². The molecule has 3 nitrogen and oxygen atoms in total. The van der Waals surface area contributed by atoms with Crippen LogP contribution in [0.2, 0.25) is 5.15 Å². The smallest absolute Gasteiger partial charge is 0.153 e. The summed E-state index contributed by atoms with van der Waals surface area (Å²) in [5.74, 6) is 0. The maximum atomic E-state index is 8.83. The maximum absolute atomic E-state index is 8.83. The quantitative estimate of drug-likeness (QED) is 0.660. The van der Waals surface area contributed by atoms with Crippen molar-refractivity contribution in [1.29, 1.82) is 0 Å². The normalized spacial score (nSPS) is 10.8. The van der Waals surface area contributed by atoms with Gasteiger partial charge in [-0.3, -0.25) is 0 Å². The van der Waals surface area contributed by atoms with Crippen LogP contribution in [0.5, 0.6) is 0 Å². The summed E-state index contributed by atoms with van der Waals surface area (Å²) in [4.78, 5) is 6.88. The van der Waals surface area contributed by atoms with Crippen LogP contribution in [0.25, 0.3) is 10.9 Å². The van der Waals surface area contributed by atoms with Crippen molar-refractivity contribution in [2.75, 3.05) is 0 Å². The number of pyridine rings is 1. The van der Waals surface area contributed by atoms with Crippen LogP contribution in [-0.4, -0.2) is 15.1 Å².